The number of nitrogens with zero attached hydrogens (tertiary/aromatic N) is 4. The van der Waals surface area contributed by atoms with Gasteiger partial charge in [-0.25, -0.2) is 9.07 Å². The maximum Gasteiger partial charge on any atom is 0.182 e. The van der Waals surface area contributed by atoms with Crippen LogP contribution in [0, 0.1) is 5.82 Å². The van der Waals surface area contributed by atoms with Crippen molar-refractivity contribution in [3.63, 3.8) is 0 Å². The smallest absolute Gasteiger partial charge is 0.182 e. The molecule has 22 heavy (non-hydrogen) atoms. The van der Waals surface area contributed by atoms with E-state index >= 15 is 0 Å². The lowest BCUT2D eigenvalue weighted by Crippen LogP contribution is -2.05. The maximum atomic E-state index is 13.0. The second kappa shape index (κ2) is 5.80. The largest absolute Gasteiger partial charge is 0.495 e. The highest BCUT2D eigenvalue weighted by Gasteiger charge is 2.11. The summed E-state index contributed by atoms with van der Waals surface area (Å²) in [4.78, 5) is 0. The van der Waals surface area contributed by atoms with Gasteiger partial charge in [0.1, 0.15) is 11.6 Å². The topological polar surface area (TPSA) is 78.9 Å². The van der Waals surface area contributed by atoms with E-state index in [0.717, 1.165) is 11.1 Å². The third kappa shape index (κ3) is 2.73. The number of ether oxygens (including phenoxy) is 1. The summed E-state index contributed by atoms with van der Waals surface area (Å²) in [7, 11) is 1.56. The highest BCUT2D eigenvalue weighted by Crippen LogP contribution is 2.27. The molecule has 0 spiro atoms. The minimum atomic E-state index is -0.274. The van der Waals surface area contributed by atoms with Crippen LogP contribution in [0.4, 0.5) is 10.1 Å². The zero-order valence-corrected chi connectivity index (χ0v) is 11.9. The van der Waals surface area contributed by atoms with Gasteiger partial charge in [0.05, 0.1) is 19.3 Å². The zero-order valence-electron chi connectivity index (χ0n) is 11.9. The minimum absolute atomic E-state index is 0.274. The summed E-state index contributed by atoms with van der Waals surface area (Å²) in [6.45, 7) is 0.439. The molecule has 3 aromatic rings. The molecule has 0 fully saturated rings. The van der Waals surface area contributed by atoms with Crippen LogP contribution in [0.1, 0.15) is 5.56 Å². The average molecular weight is 299 g/mol. The van der Waals surface area contributed by atoms with E-state index in [1.165, 1.54) is 12.1 Å². The molecule has 7 heteroatoms. The van der Waals surface area contributed by atoms with Crippen molar-refractivity contribution in [1.29, 1.82) is 0 Å². The van der Waals surface area contributed by atoms with Crippen LogP contribution in [-0.2, 0) is 6.54 Å². The number of hydrogen-bond donors (Lipinski definition) is 1. The SMILES string of the molecule is COc1ccc(-c2nnnn2Cc2ccc(F)cc2)cc1N. The Hall–Kier alpha value is -2.96. The molecule has 2 N–H and O–H groups in total. The highest BCUT2D eigenvalue weighted by molar-refractivity contribution is 5.66. The lowest BCUT2D eigenvalue weighted by Gasteiger charge is -2.08. The molecule has 0 radical (unpaired) electrons. The van der Waals surface area contributed by atoms with Gasteiger partial charge in [-0.3, -0.25) is 0 Å². The van der Waals surface area contributed by atoms with Gasteiger partial charge in [-0.15, -0.1) is 5.10 Å². The molecule has 1 heterocycles. The molecule has 0 amide bonds. The maximum absolute atomic E-state index is 13.0. The second-order valence-electron chi connectivity index (χ2n) is 4.74. The van der Waals surface area contributed by atoms with Crippen molar-refractivity contribution in [1.82, 2.24) is 20.2 Å². The summed E-state index contributed by atoms with van der Waals surface area (Å²) < 4.78 is 19.7. The van der Waals surface area contributed by atoms with E-state index in [1.54, 1.807) is 36.1 Å². The highest BCUT2D eigenvalue weighted by atomic mass is 19.1. The van der Waals surface area contributed by atoms with Crippen LogP contribution >= 0.6 is 0 Å². The van der Waals surface area contributed by atoms with Gasteiger partial charge >= 0.3 is 0 Å². The third-order valence-corrected chi connectivity index (χ3v) is 3.27. The number of tetrazole rings is 1. The van der Waals surface area contributed by atoms with Crippen LogP contribution in [0.2, 0.25) is 0 Å². The molecule has 3 rings (SSSR count). The number of methoxy groups -OCH3 is 1. The summed E-state index contributed by atoms with van der Waals surface area (Å²) in [6.07, 6.45) is 0. The Kier molecular flexibility index (Phi) is 3.69. The Bertz CT molecular complexity index is 785. The van der Waals surface area contributed by atoms with E-state index < -0.39 is 0 Å². The van der Waals surface area contributed by atoms with Crippen molar-refractivity contribution < 1.29 is 9.13 Å². The quantitative estimate of drug-likeness (QED) is 0.746. The molecule has 0 aliphatic heterocycles. The van der Waals surface area contributed by atoms with Gasteiger partial charge in [0.2, 0.25) is 0 Å². The van der Waals surface area contributed by atoms with Crippen LogP contribution in [0.5, 0.6) is 5.75 Å². The van der Waals surface area contributed by atoms with Gasteiger partial charge in [-0.2, -0.15) is 0 Å². The molecule has 112 valence electrons. The monoisotopic (exact) mass is 299 g/mol. The van der Waals surface area contributed by atoms with Crippen molar-refractivity contribution >= 4 is 5.69 Å². The van der Waals surface area contributed by atoms with E-state index in [1.807, 2.05) is 6.07 Å². The lowest BCUT2D eigenvalue weighted by molar-refractivity contribution is 0.417. The fourth-order valence-corrected chi connectivity index (χ4v) is 2.15. The van der Waals surface area contributed by atoms with Gasteiger partial charge < -0.3 is 10.5 Å². The average Bonchev–Trinajstić information content (AvgIpc) is 2.97. The van der Waals surface area contributed by atoms with E-state index in [9.17, 15) is 4.39 Å². The molecule has 6 nitrogen and oxygen atoms in total. The predicted molar refractivity (Wildman–Crippen MR) is 79.7 cm³/mol. The van der Waals surface area contributed by atoms with E-state index in [-0.39, 0.29) is 5.82 Å². The van der Waals surface area contributed by atoms with Gasteiger partial charge in [-0.05, 0) is 46.3 Å². The standard InChI is InChI=1S/C15H14FN5O/c1-22-14-7-4-11(8-13(14)17)15-18-19-20-21(15)9-10-2-5-12(16)6-3-10/h2-8H,9,17H2,1H3. The third-order valence-electron chi connectivity index (χ3n) is 3.27. The minimum Gasteiger partial charge on any atom is -0.495 e. The molecule has 0 saturated heterocycles. The Morgan fingerprint density at radius 3 is 2.64 bits per heavy atom. The van der Waals surface area contributed by atoms with Crippen molar-refractivity contribution in [2.45, 2.75) is 6.54 Å². The number of anilines is 1. The van der Waals surface area contributed by atoms with Crippen LogP contribution < -0.4 is 10.5 Å². The first-order valence-corrected chi connectivity index (χ1v) is 6.62. The van der Waals surface area contributed by atoms with E-state index in [0.29, 0.717) is 23.8 Å². The number of halogens is 1. The van der Waals surface area contributed by atoms with Crippen molar-refractivity contribution in [2.24, 2.45) is 0 Å². The van der Waals surface area contributed by atoms with Crippen LogP contribution in [0.25, 0.3) is 11.4 Å². The predicted octanol–water partition coefficient (Wildman–Crippen LogP) is 2.12. The number of benzene rings is 2. The molecule has 0 aliphatic carbocycles. The number of nitrogen functional groups attached to an aromatic ring is 1. The van der Waals surface area contributed by atoms with Gasteiger partial charge in [-0.1, -0.05) is 12.1 Å². The molecule has 2 aromatic carbocycles. The first kappa shape index (κ1) is 14.0. The van der Waals surface area contributed by atoms with Crippen LogP contribution in [-0.4, -0.2) is 27.3 Å². The fraction of sp³-hybridized carbons (Fsp3) is 0.133. The summed E-state index contributed by atoms with van der Waals surface area (Å²) in [5.41, 5.74) is 8.11. The summed E-state index contributed by atoms with van der Waals surface area (Å²) in [5, 5.41) is 11.7. The normalized spacial score (nSPS) is 10.6. The number of nitrogens with two attached hydrogens (primary N) is 1. The number of aromatic nitrogens is 4. The molecule has 0 saturated carbocycles. The second-order valence-corrected chi connectivity index (χ2v) is 4.74. The summed E-state index contributed by atoms with van der Waals surface area (Å²) >= 11 is 0. The van der Waals surface area contributed by atoms with Gasteiger partial charge in [0.15, 0.2) is 5.82 Å². The molecule has 0 atom stereocenters. The van der Waals surface area contributed by atoms with Crippen molar-refractivity contribution in [2.75, 3.05) is 12.8 Å². The molecular weight excluding hydrogens is 285 g/mol. The van der Waals surface area contributed by atoms with Gasteiger partial charge in [0, 0.05) is 5.56 Å². The van der Waals surface area contributed by atoms with E-state index in [2.05, 4.69) is 15.5 Å². The Morgan fingerprint density at radius 2 is 1.95 bits per heavy atom. The Morgan fingerprint density at radius 1 is 1.18 bits per heavy atom. The number of hydrogen-bond acceptors (Lipinski definition) is 5. The zero-order chi connectivity index (χ0) is 15.5. The van der Waals surface area contributed by atoms with Crippen LogP contribution in [0.3, 0.4) is 0 Å². The summed E-state index contributed by atoms with van der Waals surface area (Å²) in [6, 6.07) is 11.6. The Balaban J connectivity index is 1.91. The molecule has 0 bridgehead atoms. The van der Waals surface area contributed by atoms with Crippen molar-refractivity contribution in [3.05, 3.63) is 53.8 Å². The van der Waals surface area contributed by atoms with Crippen molar-refractivity contribution in [3.8, 4) is 17.1 Å². The molecule has 1 aromatic heterocycles. The molecule has 0 unspecified atom stereocenters. The lowest BCUT2D eigenvalue weighted by atomic mass is 10.1. The first-order valence-electron chi connectivity index (χ1n) is 6.62. The molecular formula is C15H14FN5O. The van der Waals surface area contributed by atoms with Crippen LogP contribution in [0.15, 0.2) is 42.5 Å². The first-order chi connectivity index (χ1) is 10.7. The molecule has 0 aliphatic rings. The number of rotatable bonds is 4. The van der Waals surface area contributed by atoms with Gasteiger partial charge in [0.25, 0.3) is 0 Å². The fourth-order valence-electron chi connectivity index (χ4n) is 2.15. The summed E-state index contributed by atoms with van der Waals surface area (Å²) in [5.74, 6) is 0.906. The van der Waals surface area contributed by atoms with E-state index in [4.69, 9.17) is 10.5 Å². The Labute approximate surface area is 126 Å².